The van der Waals surface area contributed by atoms with Gasteiger partial charge in [-0.25, -0.2) is 0 Å². The monoisotopic (exact) mass is 330 g/mol. The molecule has 0 aliphatic heterocycles. The van der Waals surface area contributed by atoms with Crippen LogP contribution in [0.1, 0.15) is 15.9 Å². The quantitative estimate of drug-likeness (QED) is 0.839. The van der Waals surface area contributed by atoms with E-state index >= 15 is 0 Å². The lowest BCUT2D eigenvalue weighted by Gasteiger charge is -2.09. The van der Waals surface area contributed by atoms with Crippen LogP contribution in [-0.4, -0.2) is 24.7 Å². The largest absolute Gasteiger partial charge is 0.545 e. The highest BCUT2D eigenvalue weighted by Gasteiger charge is 2.07. The summed E-state index contributed by atoms with van der Waals surface area (Å²) < 4.78 is 5.18. The Morgan fingerprint density at radius 2 is 1.83 bits per heavy atom. The Morgan fingerprint density at radius 3 is 2.48 bits per heavy atom. The zero-order valence-corrected chi connectivity index (χ0v) is 13.4. The molecule has 0 saturated heterocycles. The van der Waals surface area contributed by atoms with Crippen molar-refractivity contribution < 1.29 is 19.4 Å². The van der Waals surface area contributed by atoms with Crippen LogP contribution in [0.4, 0.5) is 5.69 Å². The van der Waals surface area contributed by atoms with Crippen LogP contribution in [0.2, 0.25) is 0 Å². The SMILES string of the molecule is COc1ccccc1NC(=O)CSCc1ccc(C(=O)[O-])cc1. The van der Waals surface area contributed by atoms with Gasteiger partial charge in [0.25, 0.3) is 0 Å². The first-order valence-corrected chi connectivity index (χ1v) is 8.06. The number of carboxylic acids is 1. The molecule has 0 aliphatic rings. The zero-order chi connectivity index (χ0) is 16.7. The summed E-state index contributed by atoms with van der Waals surface area (Å²) in [7, 11) is 1.55. The Morgan fingerprint density at radius 1 is 1.13 bits per heavy atom. The zero-order valence-electron chi connectivity index (χ0n) is 12.6. The number of thioether (sulfide) groups is 1. The van der Waals surface area contributed by atoms with Crippen LogP contribution in [-0.2, 0) is 10.5 Å². The molecule has 0 heterocycles. The minimum atomic E-state index is -1.19. The molecule has 5 nitrogen and oxygen atoms in total. The summed E-state index contributed by atoms with van der Waals surface area (Å²) in [4.78, 5) is 22.6. The molecule has 2 aromatic carbocycles. The van der Waals surface area contributed by atoms with Crippen LogP contribution >= 0.6 is 11.8 Å². The molecule has 6 heteroatoms. The third kappa shape index (κ3) is 5.03. The van der Waals surface area contributed by atoms with E-state index < -0.39 is 5.97 Å². The number of carbonyl (C=O) groups is 2. The van der Waals surface area contributed by atoms with Crippen molar-refractivity contribution in [3.05, 3.63) is 59.7 Å². The molecule has 1 N–H and O–H groups in total. The van der Waals surface area contributed by atoms with E-state index in [2.05, 4.69) is 5.32 Å². The lowest BCUT2D eigenvalue weighted by molar-refractivity contribution is -0.255. The van der Waals surface area contributed by atoms with Crippen LogP contribution in [0, 0.1) is 0 Å². The maximum Gasteiger partial charge on any atom is 0.234 e. The van der Waals surface area contributed by atoms with Crippen molar-refractivity contribution in [3.63, 3.8) is 0 Å². The van der Waals surface area contributed by atoms with Crippen molar-refractivity contribution in [2.24, 2.45) is 0 Å². The first-order valence-electron chi connectivity index (χ1n) is 6.91. The predicted molar refractivity (Wildman–Crippen MR) is 88.6 cm³/mol. The van der Waals surface area contributed by atoms with Gasteiger partial charge in [-0.3, -0.25) is 4.79 Å². The molecule has 23 heavy (non-hydrogen) atoms. The topological polar surface area (TPSA) is 78.5 Å². The van der Waals surface area contributed by atoms with Crippen LogP contribution in [0.5, 0.6) is 5.75 Å². The molecule has 0 atom stereocenters. The molecule has 2 rings (SSSR count). The summed E-state index contributed by atoms with van der Waals surface area (Å²) in [6, 6.07) is 13.7. The number of rotatable bonds is 7. The molecule has 2 aromatic rings. The summed E-state index contributed by atoms with van der Waals surface area (Å²) in [5, 5.41) is 13.5. The summed E-state index contributed by atoms with van der Waals surface area (Å²) >= 11 is 1.45. The highest BCUT2D eigenvalue weighted by atomic mass is 32.2. The van der Waals surface area contributed by atoms with E-state index in [9.17, 15) is 14.7 Å². The molecular formula is C17H16NO4S-. The van der Waals surface area contributed by atoms with Gasteiger partial charge in [-0.05, 0) is 23.3 Å². The van der Waals surface area contributed by atoms with E-state index in [4.69, 9.17) is 4.74 Å². The van der Waals surface area contributed by atoms with E-state index in [1.54, 1.807) is 31.4 Å². The van der Waals surface area contributed by atoms with Crippen LogP contribution < -0.4 is 15.2 Å². The van der Waals surface area contributed by atoms with Crippen LogP contribution in [0.3, 0.4) is 0 Å². The number of aromatic carboxylic acids is 1. The number of amides is 1. The standard InChI is InChI=1S/C17H17NO4S/c1-22-15-5-3-2-4-14(15)18-16(19)11-23-10-12-6-8-13(9-7-12)17(20)21/h2-9H,10-11H2,1H3,(H,18,19)(H,20,21)/p-1. The summed E-state index contributed by atoms with van der Waals surface area (Å²) in [5.74, 6) is 0.211. The normalized spacial score (nSPS) is 10.1. The Bertz CT molecular complexity index is 685. The smallest absolute Gasteiger partial charge is 0.234 e. The van der Waals surface area contributed by atoms with Gasteiger partial charge < -0.3 is 20.0 Å². The van der Waals surface area contributed by atoms with Crippen molar-refractivity contribution >= 4 is 29.3 Å². The number of methoxy groups -OCH3 is 1. The second-order valence-electron chi connectivity index (χ2n) is 4.73. The molecule has 0 fully saturated rings. The molecule has 1 amide bonds. The maximum absolute atomic E-state index is 11.9. The second-order valence-corrected chi connectivity index (χ2v) is 5.71. The van der Waals surface area contributed by atoms with Gasteiger partial charge in [-0.15, -0.1) is 11.8 Å². The van der Waals surface area contributed by atoms with Crippen LogP contribution in [0.25, 0.3) is 0 Å². The minimum Gasteiger partial charge on any atom is -0.545 e. The summed E-state index contributed by atoms with van der Waals surface area (Å²) in [6.45, 7) is 0. The Balaban J connectivity index is 1.81. The third-order valence-electron chi connectivity index (χ3n) is 3.07. The number of hydrogen-bond acceptors (Lipinski definition) is 5. The van der Waals surface area contributed by atoms with Crippen molar-refractivity contribution in [3.8, 4) is 5.75 Å². The van der Waals surface area contributed by atoms with E-state index in [1.165, 1.54) is 23.9 Å². The highest BCUT2D eigenvalue weighted by Crippen LogP contribution is 2.23. The first kappa shape index (κ1) is 16.9. The molecule has 0 saturated carbocycles. The Labute approximate surface area is 138 Å². The van der Waals surface area contributed by atoms with Gasteiger partial charge in [-0.2, -0.15) is 0 Å². The maximum atomic E-state index is 11.9. The molecule has 0 spiro atoms. The number of carboxylic acid groups (broad SMARTS) is 1. The number of nitrogens with one attached hydrogen (secondary N) is 1. The number of carbonyl (C=O) groups excluding carboxylic acids is 2. The Hall–Kier alpha value is -2.47. The fraction of sp³-hybridized carbons (Fsp3) is 0.176. The highest BCUT2D eigenvalue weighted by molar-refractivity contribution is 7.99. The number of para-hydroxylation sites is 2. The molecule has 0 aliphatic carbocycles. The second kappa shape index (κ2) is 8.24. The van der Waals surface area contributed by atoms with Gasteiger partial charge in [-0.1, -0.05) is 36.4 Å². The van der Waals surface area contributed by atoms with Gasteiger partial charge in [0, 0.05) is 5.75 Å². The molecule has 120 valence electrons. The first-order chi connectivity index (χ1) is 11.1. The number of ether oxygens (including phenoxy) is 1. The van der Waals surface area contributed by atoms with Gasteiger partial charge in [0.2, 0.25) is 5.91 Å². The average molecular weight is 330 g/mol. The van der Waals surface area contributed by atoms with Crippen molar-refractivity contribution in [1.82, 2.24) is 0 Å². The fourth-order valence-corrected chi connectivity index (χ4v) is 2.72. The third-order valence-corrected chi connectivity index (χ3v) is 4.08. The molecule has 0 bridgehead atoms. The van der Waals surface area contributed by atoms with Crippen molar-refractivity contribution in [2.45, 2.75) is 5.75 Å². The number of hydrogen-bond donors (Lipinski definition) is 1. The molecule has 0 aromatic heterocycles. The van der Waals surface area contributed by atoms with Gasteiger partial charge in [0.15, 0.2) is 0 Å². The fourth-order valence-electron chi connectivity index (χ4n) is 1.93. The van der Waals surface area contributed by atoms with E-state index in [-0.39, 0.29) is 11.5 Å². The Kier molecular flexibility index (Phi) is 6.05. The van der Waals surface area contributed by atoms with E-state index in [0.29, 0.717) is 22.9 Å². The van der Waals surface area contributed by atoms with Gasteiger partial charge in [0.05, 0.1) is 24.5 Å². The van der Waals surface area contributed by atoms with Crippen molar-refractivity contribution in [1.29, 1.82) is 0 Å². The molecular weight excluding hydrogens is 314 g/mol. The van der Waals surface area contributed by atoms with Crippen molar-refractivity contribution in [2.75, 3.05) is 18.2 Å². The number of anilines is 1. The van der Waals surface area contributed by atoms with E-state index in [1.807, 2.05) is 12.1 Å². The lowest BCUT2D eigenvalue weighted by Crippen LogP contribution is -2.21. The predicted octanol–water partition coefficient (Wildman–Crippen LogP) is 1.93. The minimum absolute atomic E-state index is 0.120. The van der Waals surface area contributed by atoms with E-state index in [0.717, 1.165) is 5.56 Å². The average Bonchev–Trinajstić information content (AvgIpc) is 2.56. The van der Waals surface area contributed by atoms with Crippen LogP contribution in [0.15, 0.2) is 48.5 Å². The summed E-state index contributed by atoms with van der Waals surface area (Å²) in [6.07, 6.45) is 0. The van der Waals surface area contributed by atoms with Gasteiger partial charge >= 0.3 is 0 Å². The molecule has 0 radical (unpaired) electrons. The molecule has 0 unspecified atom stereocenters. The van der Waals surface area contributed by atoms with Gasteiger partial charge in [0.1, 0.15) is 5.75 Å². The lowest BCUT2D eigenvalue weighted by atomic mass is 10.1. The number of benzene rings is 2. The summed E-state index contributed by atoms with van der Waals surface area (Å²) in [5.41, 5.74) is 1.73.